The van der Waals surface area contributed by atoms with Gasteiger partial charge in [-0.2, -0.15) is 4.98 Å². The van der Waals surface area contributed by atoms with Gasteiger partial charge in [0.05, 0.1) is 31.2 Å². The van der Waals surface area contributed by atoms with Crippen molar-refractivity contribution in [2.75, 3.05) is 55.0 Å². The van der Waals surface area contributed by atoms with Gasteiger partial charge in [-0.05, 0) is 50.8 Å². The Kier molecular flexibility index (Phi) is 7.39. The number of hydrogen-bond acceptors (Lipinski definition) is 9. The highest BCUT2D eigenvalue weighted by Gasteiger charge is 2.41. The molecule has 1 aromatic heterocycles. The first-order valence-corrected chi connectivity index (χ1v) is 15.6. The first-order valence-electron chi connectivity index (χ1n) is 15.6. The number of carbonyl (C=O) groups is 2. The molecule has 224 valence electrons. The molecule has 3 atom stereocenters. The molecule has 4 aliphatic heterocycles. The third-order valence-electron chi connectivity index (χ3n) is 9.71. The largest absolute Gasteiger partial charge is 0.491 e. The summed E-state index contributed by atoms with van der Waals surface area (Å²) in [5, 5.41) is 6.46. The lowest BCUT2D eigenvalue weighted by Crippen LogP contribution is -2.55. The molecule has 2 saturated heterocycles. The maximum absolute atomic E-state index is 13.3. The standard InChI is InChI=1S/C31H41N7O4/c1-3-25-30(40)36(2)26-16-33-31(35-28(26)38(25)19-7-4-5-8-19)34-24-11-10-23(22-12-14-41-27(22)24)29(39)32-15-21-17-37-13-6-9-20(37)18-42-21/h10-11,16,19-21,25H,3-9,12-15,17-18H2,1-2H3,(H,32,39)(H,33,34,35). The molecular formula is C31H41N7O4. The minimum atomic E-state index is -0.227. The molecule has 1 aliphatic carbocycles. The predicted octanol–water partition coefficient (Wildman–Crippen LogP) is 3.25. The van der Waals surface area contributed by atoms with Gasteiger partial charge >= 0.3 is 0 Å². The van der Waals surface area contributed by atoms with Gasteiger partial charge in [0.1, 0.15) is 17.5 Å². The van der Waals surface area contributed by atoms with E-state index in [1.54, 1.807) is 18.1 Å². The summed E-state index contributed by atoms with van der Waals surface area (Å²) < 4.78 is 12.1. The van der Waals surface area contributed by atoms with E-state index in [1.807, 2.05) is 12.1 Å². The van der Waals surface area contributed by atoms with Crippen LogP contribution in [0.25, 0.3) is 0 Å². The number of fused-ring (bicyclic) bond motifs is 3. The SMILES string of the molecule is CCC1C(=O)N(C)c2cnc(Nc3ccc(C(=O)NCC4CN5CCCC5CO4)c4c3OCC4)nc2N1C1CCCC1. The van der Waals surface area contributed by atoms with Crippen molar-refractivity contribution in [3.05, 3.63) is 29.5 Å². The molecule has 3 fully saturated rings. The Balaban J connectivity index is 1.10. The number of aromatic nitrogens is 2. The molecule has 2 amide bonds. The molecule has 2 N–H and O–H groups in total. The molecule has 7 rings (SSSR count). The van der Waals surface area contributed by atoms with E-state index in [2.05, 4.69) is 32.3 Å². The molecule has 0 spiro atoms. The number of nitrogens with one attached hydrogen (secondary N) is 2. The van der Waals surface area contributed by atoms with Crippen molar-refractivity contribution in [3.8, 4) is 5.75 Å². The van der Waals surface area contributed by atoms with Crippen LogP contribution in [0, 0.1) is 0 Å². The van der Waals surface area contributed by atoms with Crippen LogP contribution in [0.15, 0.2) is 18.3 Å². The maximum atomic E-state index is 13.3. The van der Waals surface area contributed by atoms with Gasteiger partial charge in [0.2, 0.25) is 11.9 Å². The molecule has 5 aliphatic rings. The summed E-state index contributed by atoms with van der Waals surface area (Å²) in [7, 11) is 1.81. The fraction of sp³-hybridized carbons (Fsp3) is 0.613. The Morgan fingerprint density at radius 1 is 1.14 bits per heavy atom. The van der Waals surface area contributed by atoms with E-state index in [-0.39, 0.29) is 24.0 Å². The number of benzene rings is 1. The lowest BCUT2D eigenvalue weighted by atomic mass is 10.0. The van der Waals surface area contributed by atoms with Crippen molar-refractivity contribution in [3.63, 3.8) is 0 Å². The third kappa shape index (κ3) is 4.86. The molecule has 2 aromatic rings. The van der Waals surface area contributed by atoms with Gasteiger partial charge in [-0.3, -0.25) is 14.5 Å². The average Bonchev–Trinajstić information content (AvgIpc) is 3.80. The van der Waals surface area contributed by atoms with Crippen molar-refractivity contribution >= 4 is 35.0 Å². The fourth-order valence-electron chi connectivity index (χ4n) is 7.48. The molecule has 11 heteroatoms. The van der Waals surface area contributed by atoms with Crippen molar-refractivity contribution in [1.29, 1.82) is 0 Å². The van der Waals surface area contributed by atoms with Crippen molar-refractivity contribution < 1.29 is 19.1 Å². The van der Waals surface area contributed by atoms with Gasteiger partial charge in [0.25, 0.3) is 5.91 Å². The highest BCUT2D eigenvalue weighted by atomic mass is 16.5. The van der Waals surface area contributed by atoms with Crippen LogP contribution in [-0.2, 0) is 16.0 Å². The Morgan fingerprint density at radius 2 is 1.98 bits per heavy atom. The Morgan fingerprint density at radius 3 is 2.81 bits per heavy atom. The molecule has 5 heterocycles. The minimum absolute atomic E-state index is 0.0140. The first-order chi connectivity index (χ1) is 20.5. The van der Waals surface area contributed by atoms with Gasteiger partial charge in [0.15, 0.2) is 5.82 Å². The zero-order valence-corrected chi connectivity index (χ0v) is 24.6. The molecule has 3 unspecified atom stereocenters. The topological polar surface area (TPSA) is 112 Å². The normalized spacial score (nSPS) is 25.7. The number of likely N-dealkylation sites (N-methyl/N-ethyl adjacent to an activating group) is 1. The number of ether oxygens (including phenoxy) is 2. The molecule has 42 heavy (non-hydrogen) atoms. The Hall–Kier alpha value is -3.44. The second-order valence-electron chi connectivity index (χ2n) is 12.2. The van der Waals surface area contributed by atoms with Crippen LogP contribution in [0.3, 0.4) is 0 Å². The van der Waals surface area contributed by atoms with Gasteiger partial charge in [-0.1, -0.05) is 19.8 Å². The van der Waals surface area contributed by atoms with Crippen LogP contribution < -0.4 is 25.2 Å². The monoisotopic (exact) mass is 575 g/mol. The van der Waals surface area contributed by atoms with Crippen LogP contribution in [0.5, 0.6) is 5.75 Å². The van der Waals surface area contributed by atoms with E-state index in [0.29, 0.717) is 48.9 Å². The summed E-state index contributed by atoms with van der Waals surface area (Å²) in [6, 6.07) is 4.34. The number of amides is 2. The number of hydrogen-bond donors (Lipinski definition) is 2. The first kappa shape index (κ1) is 27.4. The van der Waals surface area contributed by atoms with Crippen LogP contribution in [0.1, 0.15) is 67.8 Å². The average molecular weight is 576 g/mol. The van der Waals surface area contributed by atoms with Crippen LogP contribution in [0.4, 0.5) is 23.1 Å². The van der Waals surface area contributed by atoms with Gasteiger partial charge < -0.3 is 29.9 Å². The number of carbonyl (C=O) groups excluding carboxylic acids is 2. The number of rotatable bonds is 7. The number of morpholine rings is 1. The quantitative estimate of drug-likeness (QED) is 0.514. The summed E-state index contributed by atoms with van der Waals surface area (Å²) in [5.41, 5.74) is 2.99. The van der Waals surface area contributed by atoms with Crippen LogP contribution >= 0.6 is 0 Å². The molecule has 1 saturated carbocycles. The summed E-state index contributed by atoms with van der Waals surface area (Å²) in [6.45, 7) is 5.82. The van der Waals surface area contributed by atoms with Crippen molar-refractivity contribution in [2.45, 2.75) is 82.5 Å². The van der Waals surface area contributed by atoms with Crippen LogP contribution in [0.2, 0.25) is 0 Å². The smallest absolute Gasteiger partial charge is 0.251 e. The lowest BCUT2D eigenvalue weighted by Gasteiger charge is -2.43. The second-order valence-corrected chi connectivity index (χ2v) is 12.2. The molecular weight excluding hydrogens is 534 g/mol. The van der Waals surface area contributed by atoms with E-state index in [4.69, 9.17) is 14.5 Å². The Bertz CT molecular complexity index is 1360. The van der Waals surface area contributed by atoms with Crippen molar-refractivity contribution in [2.24, 2.45) is 0 Å². The maximum Gasteiger partial charge on any atom is 0.251 e. The van der Waals surface area contributed by atoms with E-state index in [0.717, 1.165) is 61.7 Å². The number of nitrogens with zero attached hydrogens (tertiary/aromatic N) is 5. The van der Waals surface area contributed by atoms with Gasteiger partial charge in [-0.25, -0.2) is 4.98 Å². The van der Waals surface area contributed by atoms with Crippen molar-refractivity contribution in [1.82, 2.24) is 20.2 Å². The van der Waals surface area contributed by atoms with E-state index >= 15 is 0 Å². The summed E-state index contributed by atoms with van der Waals surface area (Å²) in [4.78, 5) is 42.4. The molecule has 11 nitrogen and oxygen atoms in total. The summed E-state index contributed by atoms with van der Waals surface area (Å²) >= 11 is 0. The third-order valence-corrected chi connectivity index (χ3v) is 9.71. The molecule has 0 radical (unpaired) electrons. The van der Waals surface area contributed by atoms with E-state index in [1.165, 1.54) is 25.7 Å². The molecule has 0 bridgehead atoms. The van der Waals surface area contributed by atoms with Crippen LogP contribution in [-0.4, -0.2) is 90.8 Å². The highest BCUT2D eigenvalue weighted by Crippen LogP contribution is 2.41. The zero-order valence-electron chi connectivity index (χ0n) is 24.6. The zero-order chi connectivity index (χ0) is 28.8. The fourth-order valence-corrected chi connectivity index (χ4v) is 7.48. The number of anilines is 4. The highest BCUT2D eigenvalue weighted by molar-refractivity contribution is 6.04. The summed E-state index contributed by atoms with van der Waals surface area (Å²) in [6.07, 6.45) is 10.0. The minimum Gasteiger partial charge on any atom is -0.491 e. The van der Waals surface area contributed by atoms with Gasteiger partial charge in [0, 0.05) is 49.8 Å². The summed E-state index contributed by atoms with van der Waals surface area (Å²) in [5.74, 6) is 1.90. The lowest BCUT2D eigenvalue weighted by molar-refractivity contribution is -0.120. The predicted molar refractivity (Wildman–Crippen MR) is 160 cm³/mol. The molecule has 1 aromatic carbocycles. The Labute approximate surface area is 246 Å². The van der Waals surface area contributed by atoms with E-state index in [9.17, 15) is 9.59 Å². The van der Waals surface area contributed by atoms with E-state index < -0.39 is 0 Å². The van der Waals surface area contributed by atoms with Gasteiger partial charge in [-0.15, -0.1) is 0 Å². The second kappa shape index (κ2) is 11.3.